The number of unbranched alkanes of at least 4 members (excludes halogenated alkanes) is 1. The first kappa shape index (κ1) is 19.9. The fourth-order valence-electron chi connectivity index (χ4n) is 2.07. The minimum atomic E-state index is -3.18. The molecular weight excluding hydrogens is 393 g/mol. The average Bonchev–Trinajstić information content (AvgIpc) is 2.36. The van der Waals surface area contributed by atoms with E-state index in [0.29, 0.717) is 32.0 Å². The Balaban J connectivity index is 0.00000361. The monoisotopic (exact) mass is 419 g/mol. The molecule has 20 heavy (non-hydrogen) atoms. The summed E-state index contributed by atoms with van der Waals surface area (Å²) in [6.45, 7) is 3.99. The van der Waals surface area contributed by atoms with Crippen LogP contribution < -0.4 is 11.1 Å². The Morgan fingerprint density at radius 1 is 1.40 bits per heavy atom. The highest BCUT2D eigenvalue weighted by molar-refractivity contribution is 14.0. The molecule has 1 aliphatic rings. The molecule has 0 aliphatic carbocycles. The second kappa shape index (κ2) is 9.04. The highest BCUT2D eigenvalue weighted by Gasteiger charge is 2.42. The number of nitrogens with one attached hydrogen (secondary N) is 1. The van der Waals surface area contributed by atoms with E-state index >= 15 is 0 Å². The summed E-state index contributed by atoms with van der Waals surface area (Å²) in [6, 6.07) is 0. The summed E-state index contributed by atoms with van der Waals surface area (Å²) in [5.41, 5.74) is 5.75. The Morgan fingerprint density at radius 2 is 2.00 bits per heavy atom. The predicted molar refractivity (Wildman–Crippen MR) is 92.4 cm³/mol. The number of halogens is 1. The van der Waals surface area contributed by atoms with Gasteiger partial charge in [-0.25, -0.2) is 8.42 Å². The average molecular weight is 419 g/mol. The zero-order valence-corrected chi connectivity index (χ0v) is 15.4. The molecule has 1 fully saturated rings. The van der Waals surface area contributed by atoms with Gasteiger partial charge in [0.15, 0.2) is 15.8 Å². The molecule has 0 saturated carbocycles. The van der Waals surface area contributed by atoms with Gasteiger partial charge in [-0.1, -0.05) is 13.3 Å². The Hall–Kier alpha value is -0.0900. The van der Waals surface area contributed by atoms with Crippen LogP contribution in [0.15, 0.2) is 4.99 Å². The quantitative estimate of drug-likeness (QED) is 0.289. The van der Waals surface area contributed by atoms with E-state index in [1.807, 2.05) is 0 Å². The molecule has 1 saturated heterocycles. The molecule has 120 valence electrons. The predicted octanol–water partition coefficient (Wildman–Crippen LogP) is 0.903. The maximum absolute atomic E-state index is 12.0. The molecule has 1 heterocycles. The Labute approximate surface area is 138 Å². The summed E-state index contributed by atoms with van der Waals surface area (Å²) in [5, 5.41) is 2.99. The molecule has 6 nitrogen and oxygen atoms in total. The topological polar surface area (TPSA) is 93.8 Å². The van der Waals surface area contributed by atoms with Crippen molar-refractivity contribution >= 4 is 39.8 Å². The van der Waals surface area contributed by atoms with E-state index in [0.717, 1.165) is 19.4 Å². The minimum absolute atomic E-state index is 0. The molecule has 3 N–H and O–H groups in total. The maximum atomic E-state index is 12.0. The largest absolute Gasteiger partial charge is 0.381 e. The zero-order chi connectivity index (χ0) is 14.4. The highest BCUT2D eigenvalue weighted by atomic mass is 127. The van der Waals surface area contributed by atoms with E-state index in [1.54, 1.807) is 0 Å². The fraction of sp³-hybridized carbons (Fsp3) is 0.917. The number of sulfone groups is 1. The van der Waals surface area contributed by atoms with Gasteiger partial charge in [0.25, 0.3) is 0 Å². The summed E-state index contributed by atoms with van der Waals surface area (Å²) >= 11 is 0. The summed E-state index contributed by atoms with van der Waals surface area (Å²) in [7, 11) is -3.18. The first-order valence-electron chi connectivity index (χ1n) is 6.72. The number of hydrogen-bond acceptors (Lipinski definition) is 4. The van der Waals surface area contributed by atoms with Crippen LogP contribution in [0, 0.1) is 0 Å². The summed E-state index contributed by atoms with van der Waals surface area (Å²) in [4.78, 5) is 4.21. The molecule has 0 aromatic carbocycles. The first-order chi connectivity index (χ1) is 8.91. The number of nitrogens with two attached hydrogens (primary N) is 1. The van der Waals surface area contributed by atoms with Crippen LogP contribution in [0.3, 0.4) is 0 Å². The Morgan fingerprint density at radius 3 is 2.50 bits per heavy atom. The third-order valence-electron chi connectivity index (χ3n) is 3.56. The van der Waals surface area contributed by atoms with Crippen LogP contribution in [-0.2, 0) is 14.6 Å². The van der Waals surface area contributed by atoms with Gasteiger partial charge in [-0.2, -0.15) is 0 Å². The van der Waals surface area contributed by atoms with Crippen LogP contribution in [0.25, 0.3) is 0 Å². The van der Waals surface area contributed by atoms with Crippen LogP contribution in [-0.4, -0.2) is 51.7 Å². The van der Waals surface area contributed by atoms with E-state index in [-0.39, 0.29) is 30.5 Å². The standard InChI is InChI=1S/C12H25N3O3S.HI/c1-3-4-7-14-11(13)15-10-12(19(2,16)17)5-8-18-9-6-12;/h3-10H2,1-2H3,(H3,13,14,15);1H. The van der Waals surface area contributed by atoms with Gasteiger partial charge in [-0.15, -0.1) is 24.0 Å². The lowest BCUT2D eigenvalue weighted by Crippen LogP contribution is -2.47. The van der Waals surface area contributed by atoms with Crippen molar-refractivity contribution in [3.63, 3.8) is 0 Å². The van der Waals surface area contributed by atoms with Crippen molar-refractivity contribution in [1.82, 2.24) is 5.32 Å². The molecule has 0 aromatic heterocycles. The normalized spacial score (nSPS) is 19.2. The highest BCUT2D eigenvalue weighted by Crippen LogP contribution is 2.29. The third-order valence-corrected chi connectivity index (χ3v) is 5.68. The summed E-state index contributed by atoms with van der Waals surface area (Å²) < 4.78 is 28.4. The number of hydrogen-bond donors (Lipinski definition) is 2. The second-order valence-electron chi connectivity index (χ2n) is 5.05. The molecule has 1 aliphatic heterocycles. The van der Waals surface area contributed by atoms with Crippen molar-refractivity contribution < 1.29 is 13.2 Å². The fourth-order valence-corrected chi connectivity index (χ4v) is 3.28. The lowest BCUT2D eigenvalue weighted by Gasteiger charge is -2.34. The summed E-state index contributed by atoms with van der Waals surface area (Å²) in [6.07, 6.45) is 4.33. The Kier molecular flexibility index (Phi) is 8.99. The molecule has 0 aromatic rings. The molecule has 0 spiro atoms. The number of aliphatic imine (C=N–C) groups is 1. The van der Waals surface area contributed by atoms with E-state index in [2.05, 4.69) is 17.2 Å². The van der Waals surface area contributed by atoms with Crippen molar-refractivity contribution in [2.45, 2.75) is 37.4 Å². The lowest BCUT2D eigenvalue weighted by molar-refractivity contribution is 0.0768. The van der Waals surface area contributed by atoms with Crippen LogP contribution in [0.4, 0.5) is 0 Å². The van der Waals surface area contributed by atoms with Crippen molar-refractivity contribution in [3.8, 4) is 0 Å². The van der Waals surface area contributed by atoms with E-state index in [1.165, 1.54) is 6.26 Å². The van der Waals surface area contributed by atoms with Crippen LogP contribution in [0.1, 0.15) is 32.6 Å². The van der Waals surface area contributed by atoms with Gasteiger partial charge < -0.3 is 15.8 Å². The Bertz CT molecular complexity index is 406. The number of guanidine groups is 1. The minimum Gasteiger partial charge on any atom is -0.381 e. The van der Waals surface area contributed by atoms with E-state index < -0.39 is 14.6 Å². The number of nitrogens with zero attached hydrogens (tertiary/aromatic N) is 1. The number of rotatable bonds is 6. The van der Waals surface area contributed by atoms with Gasteiger partial charge in [0.2, 0.25) is 0 Å². The van der Waals surface area contributed by atoms with Gasteiger partial charge in [-0.05, 0) is 19.3 Å². The van der Waals surface area contributed by atoms with Gasteiger partial charge in [-0.3, -0.25) is 4.99 Å². The van der Waals surface area contributed by atoms with Gasteiger partial charge in [0, 0.05) is 26.0 Å². The van der Waals surface area contributed by atoms with Crippen molar-refractivity contribution in [2.75, 3.05) is 32.6 Å². The molecule has 8 heteroatoms. The van der Waals surface area contributed by atoms with E-state index in [9.17, 15) is 8.42 Å². The van der Waals surface area contributed by atoms with Crippen LogP contribution in [0.2, 0.25) is 0 Å². The molecule has 0 atom stereocenters. The zero-order valence-electron chi connectivity index (χ0n) is 12.2. The third kappa shape index (κ3) is 5.72. The van der Waals surface area contributed by atoms with Crippen molar-refractivity contribution in [3.05, 3.63) is 0 Å². The smallest absolute Gasteiger partial charge is 0.188 e. The lowest BCUT2D eigenvalue weighted by atomic mass is 9.99. The first-order valence-corrected chi connectivity index (χ1v) is 8.61. The van der Waals surface area contributed by atoms with Crippen molar-refractivity contribution in [1.29, 1.82) is 0 Å². The second-order valence-corrected chi connectivity index (χ2v) is 7.46. The maximum Gasteiger partial charge on any atom is 0.188 e. The molecule has 0 amide bonds. The van der Waals surface area contributed by atoms with Crippen LogP contribution >= 0.6 is 24.0 Å². The molecule has 0 unspecified atom stereocenters. The van der Waals surface area contributed by atoms with Gasteiger partial charge in [0.1, 0.15) is 0 Å². The van der Waals surface area contributed by atoms with Gasteiger partial charge >= 0.3 is 0 Å². The molecule has 1 rings (SSSR count). The van der Waals surface area contributed by atoms with Crippen molar-refractivity contribution in [2.24, 2.45) is 10.7 Å². The molecular formula is C12H26IN3O3S. The van der Waals surface area contributed by atoms with E-state index in [4.69, 9.17) is 10.5 Å². The van der Waals surface area contributed by atoms with Gasteiger partial charge in [0.05, 0.1) is 11.3 Å². The SMILES string of the molecule is CCCCNC(N)=NCC1(S(C)(=O)=O)CCOCC1.I. The van der Waals surface area contributed by atoms with Crippen LogP contribution in [0.5, 0.6) is 0 Å². The number of ether oxygens (including phenoxy) is 1. The summed E-state index contributed by atoms with van der Waals surface area (Å²) in [5.74, 6) is 0.322. The molecule has 0 radical (unpaired) electrons. The molecule has 0 bridgehead atoms.